The minimum Gasteiger partial charge on any atom is -0.344 e. The fourth-order valence-electron chi connectivity index (χ4n) is 9.40. The van der Waals surface area contributed by atoms with Crippen LogP contribution in [0.1, 0.15) is 47.7 Å². The fraction of sp³-hybridized carbons (Fsp3) is 0.0597. The Morgan fingerprint density at radius 1 is 0.425 bits per heavy atom. The van der Waals surface area contributed by atoms with E-state index < -0.39 is 6.17 Å². The van der Waals surface area contributed by atoms with Gasteiger partial charge in [-0.25, -0.2) is 24.9 Å². The molecule has 6 heteroatoms. The van der Waals surface area contributed by atoms with E-state index in [9.17, 15) is 0 Å². The van der Waals surface area contributed by atoms with Crippen LogP contribution in [0.5, 0.6) is 0 Å². The molecule has 1 aliphatic heterocycles. The molecule has 1 N–H and O–H groups in total. The minimum absolute atomic E-state index is 0.244. The van der Waals surface area contributed by atoms with Crippen LogP contribution in [0.25, 0.3) is 78.7 Å². The highest BCUT2D eigenvalue weighted by atomic mass is 15.2. The van der Waals surface area contributed by atoms with E-state index in [0.29, 0.717) is 23.3 Å². The van der Waals surface area contributed by atoms with Gasteiger partial charge in [-0.15, -0.1) is 0 Å². The molecule has 2 atom stereocenters. The van der Waals surface area contributed by atoms with E-state index in [1.165, 1.54) is 5.56 Å². The number of aliphatic imine (C=N–C) groups is 2. The average Bonchev–Trinajstić information content (AvgIpc) is 3.48. The Morgan fingerprint density at radius 3 is 1.32 bits per heavy atom. The van der Waals surface area contributed by atoms with Gasteiger partial charge in [-0.3, -0.25) is 0 Å². The van der Waals surface area contributed by atoms with Gasteiger partial charge in [0, 0.05) is 33.7 Å². The zero-order chi connectivity index (χ0) is 49.3. The molecule has 0 aliphatic carbocycles. The van der Waals surface area contributed by atoms with Crippen molar-refractivity contribution in [2.24, 2.45) is 9.98 Å². The maximum Gasteiger partial charge on any atom is 0.164 e. The van der Waals surface area contributed by atoms with Gasteiger partial charge >= 0.3 is 0 Å². The van der Waals surface area contributed by atoms with Gasteiger partial charge in [-0.1, -0.05) is 232 Å². The molecule has 0 radical (unpaired) electrons. The van der Waals surface area contributed by atoms with Crippen LogP contribution in [0, 0.1) is 0 Å². The van der Waals surface area contributed by atoms with Gasteiger partial charge in [0.1, 0.15) is 12.0 Å². The first-order valence-electron chi connectivity index (χ1n) is 24.8. The third-order valence-electron chi connectivity index (χ3n) is 13.2. The second-order valence-electron chi connectivity index (χ2n) is 18.1. The number of nitrogens with one attached hydrogen (secondary N) is 1. The number of benzene rings is 9. The summed E-state index contributed by atoms with van der Waals surface area (Å²) in [7, 11) is 0. The van der Waals surface area contributed by atoms with Crippen molar-refractivity contribution in [1.29, 1.82) is 0 Å². The number of hydrogen-bond acceptors (Lipinski definition) is 6. The highest BCUT2D eigenvalue weighted by molar-refractivity contribution is 6.13. The molecule has 0 bridgehead atoms. The van der Waals surface area contributed by atoms with Gasteiger partial charge in [-0.05, 0) is 98.5 Å². The SMILES string of the molecule is C=C/C=C\C(CC)c1cccc(C2=NC(c3cccc(-c4cccc(-c5nc(-c6cccc(-c7ccccc7)c6)nc(-c6cccc(-c7ccccc7)c6)n5)c4)c3)=NC(c3cccc(-c4ccccc4)c3)N2)c1. The van der Waals surface area contributed by atoms with E-state index in [-0.39, 0.29) is 5.92 Å². The zero-order valence-electron chi connectivity index (χ0n) is 40.6. The standard InChI is InChI=1S/C67H52N6/c1-3-5-21-46(4-2)50-28-15-34-56(40-50)62-68-63(57-35-16-29-51(41-57)47-22-9-6-10-23-47)71-66(69-62)60-38-19-32-54(44-60)55-33-20-39-61(45-55)67-72-64(58-36-17-30-52(42-58)48-24-11-7-12-25-48)70-65(73-67)59-37-18-31-53(43-59)49-26-13-8-14-27-49/h3,5-46,63H,1,4H2,2H3,(H,68,69,71)/b21-5-. The molecule has 2 unspecified atom stereocenters. The molecule has 1 aliphatic rings. The topological polar surface area (TPSA) is 75.4 Å². The van der Waals surface area contributed by atoms with Crippen molar-refractivity contribution in [3.63, 3.8) is 0 Å². The van der Waals surface area contributed by atoms with Crippen molar-refractivity contribution < 1.29 is 0 Å². The molecule has 73 heavy (non-hydrogen) atoms. The third kappa shape index (κ3) is 10.4. The lowest BCUT2D eigenvalue weighted by Gasteiger charge is -2.25. The van der Waals surface area contributed by atoms with Crippen molar-refractivity contribution in [2.45, 2.75) is 25.4 Å². The highest BCUT2D eigenvalue weighted by Gasteiger charge is 2.23. The lowest BCUT2D eigenvalue weighted by molar-refractivity contribution is 0.674. The van der Waals surface area contributed by atoms with E-state index in [1.807, 2.05) is 30.4 Å². The van der Waals surface area contributed by atoms with Crippen LogP contribution < -0.4 is 5.32 Å². The summed E-state index contributed by atoms with van der Waals surface area (Å²) in [5, 5.41) is 3.73. The lowest BCUT2D eigenvalue weighted by atomic mass is 9.94. The first-order valence-corrected chi connectivity index (χ1v) is 24.8. The first kappa shape index (κ1) is 46.0. The summed E-state index contributed by atoms with van der Waals surface area (Å²) >= 11 is 0. The summed E-state index contributed by atoms with van der Waals surface area (Å²) in [4.78, 5) is 26.2. The summed E-state index contributed by atoms with van der Waals surface area (Å²) in [5.41, 5.74) is 15.6. The van der Waals surface area contributed by atoms with Gasteiger partial charge in [-0.2, -0.15) is 0 Å². The normalized spacial score (nSPS) is 13.7. The summed E-state index contributed by atoms with van der Waals surface area (Å²) < 4.78 is 0. The number of aromatic nitrogens is 3. The minimum atomic E-state index is -0.390. The Hall–Kier alpha value is -9.39. The lowest BCUT2D eigenvalue weighted by Crippen LogP contribution is -2.33. The van der Waals surface area contributed by atoms with Gasteiger partial charge in [0.05, 0.1) is 0 Å². The van der Waals surface area contributed by atoms with Crippen LogP contribution in [-0.2, 0) is 0 Å². The zero-order valence-corrected chi connectivity index (χ0v) is 40.6. The Morgan fingerprint density at radius 2 is 0.822 bits per heavy atom. The van der Waals surface area contributed by atoms with E-state index in [2.05, 4.69) is 243 Å². The largest absolute Gasteiger partial charge is 0.344 e. The van der Waals surface area contributed by atoms with E-state index in [4.69, 9.17) is 24.9 Å². The van der Waals surface area contributed by atoms with E-state index >= 15 is 0 Å². The van der Waals surface area contributed by atoms with E-state index in [0.717, 1.165) is 90.1 Å². The third-order valence-corrected chi connectivity index (χ3v) is 13.2. The smallest absolute Gasteiger partial charge is 0.164 e. The molecule has 0 fully saturated rings. The molecular formula is C67H52N6. The van der Waals surface area contributed by atoms with Crippen LogP contribution in [0.4, 0.5) is 0 Å². The summed E-state index contributed by atoms with van der Waals surface area (Å²) in [6.45, 7) is 6.12. The number of hydrogen-bond donors (Lipinski definition) is 1. The number of amidine groups is 2. The molecule has 6 nitrogen and oxygen atoms in total. The first-order chi connectivity index (χ1) is 36.0. The second kappa shape index (κ2) is 21.3. The Kier molecular flexibility index (Phi) is 13.4. The summed E-state index contributed by atoms with van der Waals surface area (Å²) in [6.07, 6.45) is 6.64. The number of rotatable bonds is 14. The predicted molar refractivity (Wildman–Crippen MR) is 302 cm³/mol. The fourth-order valence-corrected chi connectivity index (χ4v) is 9.40. The van der Waals surface area contributed by atoms with Crippen molar-refractivity contribution in [3.05, 3.63) is 284 Å². The summed E-state index contributed by atoms with van der Waals surface area (Å²) in [6, 6.07) is 82.3. The van der Waals surface area contributed by atoms with Crippen molar-refractivity contribution in [2.75, 3.05) is 0 Å². The van der Waals surface area contributed by atoms with Crippen LogP contribution in [0.15, 0.2) is 271 Å². The monoisotopic (exact) mass is 940 g/mol. The van der Waals surface area contributed by atoms with Crippen LogP contribution in [0.2, 0.25) is 0 Å². The molecule has 0 saturated heterocycles. The van der Waals surface area contributed by atoms with Gasteiger partial charge < -0.3 is 5.32 Å². The molecule has 0 spiro atoms. The summed E-state index contributed by atoms with van der Waals surface area (Å²) in [5.74, 6) is 3.43. The number of nitrogens with zero attached hydrogens (tertiary/aromatic N) is 5. The van der Waals surface area contributed by atoms with Crippen LogP contribution in [-0.4, -0.2) is 26.6 Å². The van der Waals surface area contributed by atoms with Gasteiger partial charge in [0.15, 0.2) is 23.3 Å². The Bertz CT molecular complexity index is 3570. The Labute approximate surface area is 427 Å². The molecule has 1 aromatic heterocycles. The van der Waals surface area contributed by atoms with Crippen molar-refractivity contribution in [1.82, 2.24) is 20.3 Å². The molecule has 9 aromatic carbocycles. The highest BCUT2D eigenvalue weighted by Crippen LogP contribution is 2.34. The van der Waals surface area contributed by atoms with Gasteiger partial charge in [0.25, 0.3) is 0 Å². The van der Waals surface area contributed by atoms with E-state index in [1.54, 1.807) is 0 Å². The molecule has 0 saturated carbocycles. The maximum absolute atomic E-state index is 5.34. The maximum atomic E-state index is 5.34. The van der Waals surface area contributed by atoms with Crippen LogP contribution >= 0.6 is 0 Å². The molecule has 350 valence electrons. The number of allylic oxidation sites excluding steroid dienone is 3. The quantitative estimate of drug-likeness (QED) is 0.110. The second-order valence-corrected chi connectivity index (χ2v) is 18.1. The molecule has 10 aromatic rings. The average molecular weight is 941 g/mol. The molecule has 0 amide bonds. The van der Waals surface area contributed by atoms with Gasteiger partial charge in [0.2, 0.25) is 0 Å². The predicted octanol–water partition coefficient (Wildman–Crippen LogP) is 16.3. The van der Waals surface area contributed by atoms with Crippen molar-refractivity contribution in [3.8, 4) is 78.7 Å². The molecule has 11 rings (SSSR count). The van der Waals surface area contributed by atoms with Crippen LogP contribution in [0.3, 0.4) is 0 Å². The van der Waals surface area contributed by atoms with Crippen molar-refractivity contribution >= 4 is 11.7 Å². The molecular weight excluding hydrogens is 889 g/mol. The molecule has 2 heterocycles. The Balaban J connectivity index is 0.987.